The van der Waals surface area contributed by atoms with Crippen LogP contribution in [0.15, 0.2) is 22.6 Å². The molecule has 1 amide bonds. The number of rotatable bonds is 4. The van der Waals surface area contributed by atoms with E-state index in [2.05, 4.69) is 4.98 Å². The molecule has 5 nitrogen and oxygen atoms in total. The van der Waals surface area contributed by atoms with Crippen molar-refractivity contribution in [2.75, 3.05) is 0 Å². The first-order chi connectivity index (χ1) is 8.50. The number of fused-ring (bicyclic) bond motifs is 1. The molecule has 0 saturated carbocycles. The summed E-state index contributed by atoms with van der Waals surface area (Å²) in [6.07, 6.45) is 1.95. The molecule has 0 aromatic carbocycles. The molecule has 0 aliphatic rings. The first-order valence-corrected chi connectivity index (χ1v) is 6.62. The predicted molar refractivity (Wildman–Crippen MR) is 71.6 cm³/mol. The van der Waals surface area contributed by atoms with Crippen LogP contribution in [0.5, 0.6) is 0 Å². The van der Waals surface area contributed by atoms with Crippen LogP contribution in [0.3, 0.4) is 0 Å². The number of amides is 1. The molecule has 6 heteroatoms. The number of hydrogen-bond donors (Lipinski definition) is 1. The minimum atomic E-state index is -0.628. The number of carbonyl (C=O) groups excluding carboxylic acids is 1. The Morgan fingerprint density at radius 3 is 2.89 bits per heavy atom. The summed E-state index contributed by atoms with van der Waals surface area (Å²) in [5.41, 5.74) is 5.85. The van der Waals surface area contributed by atoms with Crippen LogP contribution in [0.4, 0.5) is 0 Å². The summed E-state index contributed by atoms with van der Waals surface area (Å²) < 4.78 is 1.91. The minimum absolute atomic E-state index is 0.195. The number of nitrogens with zero attached hydrogens (tertiary/aromatic N) is 2. The highest BCUT2D eigenvalue weighted by atomic mass is 32.1. The Bertz CT molecular complexity index is 630. The van der Waals surface area contributed by atoms with Crippen molar-refractivity contribution < 1.29 is 4.79 Å². The second-order valence-corrected chi connectivity index (χ2v) is 5.56. The number of hydrogen-bond acceptors (Lipinski definition) is 4. The van der Waals surface area contributed by atoms with Gasteiger partial charge in [-0.25, -0.2) is 4.98 Å². The van der Waals surface area contributed by atoms with Gasteiger partial charge in [-0.05, 0) is 23.8 Å². The van der Waals surface area contributed by atoms with Crippen LogP contribution in [0, 0.1) is 5.92 Å². The fraction of sp³-hybridized carbons (Fsp3) is 0.417. The molecule has 18 heavy (non-hydrogen) atoms. The average molecular weight is 265 g/mol. The highest BCUT2D eigenvalue weighted by Crippen LogP contribution is 2.18. The van der Waals surface area contributed by atoms with E-state index in [0.717, 1.165) is 0 Å². The molecule has 0 bridgehead atoms. The second-order valence-electron chi connectivity index (χ2n) is 4.64. The topological polar surface area (TPSA) is 78.0 Å². The Labute approximate surface area is 108 Å². The van der Waals surface area contributed by atoms with E-state index in [1.807, 2.05) is 19.2 Å². The van der Waals surface area contributed by atoms with Crippen molar-refractivity contribution >= 4 is 27.5 Å². The fourth-order valence-electron chi connectivity index (χ4n) is 1.89. The third-order valence-electron chi connectivity index (χ3n) is 2.75. The molecular formula is C12H15N3O2S. The monoisotopic (exact) mass is 265 g/mol. The normalized spacial score (nSPS) is 13.1. The number of thiophene rings is 1. The molecule has 96 valence electrons. The number of nitrogens with two attached hydrogens (primary N) is 1. The van der Waals surface area contributed by atoms with E-state index in [4.69, 9.17) is 5.73 Å². The molecule has 2 aromatic rings. The molecular weight excluding hydrogens is 250 g/mol. The van der Waals surface area contributed by atoms with Crippen LogP contribution >= 0.6 is 11.3 Å². The quantitative estimate of drug-likeness (QED) is 0.910. The van der Waals surface area contributed by atoms with Gasteiger partial charge in [-0.1, -0.05) is 13.8 Å². The Morgan fingerprint density at radius 1 is 1.56 bits per heavy atom. The van der Waals surface area contributed by atoms with Gasteiger partial charge in [0.25, 0.3) is 5.56 Å². The van der Waals surface area contributed by atoms with Gasteiger partial charge in [-0.2, -0.15) is 0 Å². The van der Waals surface area contributed by atoms with Crippen molar-refractivity contribution in [3.63, 3.8) is 0 Å². The lowest BCUT2D eigenvalue weighted by Gasteiger charge is -2.17. The van der Waals surface area contributed by atoms with E-state index >= 15 is 0 Å². The second kappa shape index (κ2) is 4.89. The molecule has 0 radical (unpaired) electrons. The van der Waals surface area contributed by atoms with Gasteiger partial charge in [0, 0.05) is 0 Å². The summed E-state index contributed by atoms with van der Waals surface area (Å²) in [5, 5.41) is 1.81. The molecule has 1 atom stereocenters. The molecule has 0 aliphatic carbocycles. The fourth-order valence-corrected chi connectivity index (χ4v) is 2.67. The average Bonchev–Trinajstić information content (AvgIpc) is 2.75. The van der Waals surface area contributed by atoms with Gasteiger partial charge in [0.1, 0.15) is 10.7 Å². The highest BCUT2D eigenvalue weighted by molar-refractivity contribution is 7.17. The third kappa shape index (κ3) is 2.28. The Balaban J connectivity index is 2.53. The zero-order valence-electron chi connectivity index (χ0n) is 10.3. The Hall–Kier alpha value is -1.69. The molecule has 2 heterocycles. The predicted octanol–water partition coefficient (Wildman–Crippen LogP) is 1.53. The largest absolute Gasteiger partial charge is 0.368 e. The molecule has 0 saturated heterocycles. The van der Waals surface area contributed by atoms with Gasteiger partial charge in [0.05, 0.1) is 11.8 Å². The maximum atomic E-state index is 12.2. The van der Waals surface area contributed by atoms with Crippen LogP contribution in [-0.4, -0.2) is 15.5 Å². The van der Waals surface area contributed by atoms with E-state index in [9.17, 15) is 9.59 Å². The van der Waals surface area contributed by atoms with Crippen molar-refractivity contribution in [1.82, 2.24) is 9.55 Å². The lowest BCUT2D eigenvalue weighted by atomic mass is 10.0. The molecule has 2 aromatic heterocycles. The van der Waals surface area contributed by atoms with Crippen LogP contribution in [0.1, 0.15) is 26.3 Å². The summed E-state index contributed by atoms with van der Waals surface area (Å²) in [6.45, 7) is 3.97. The summed E-state index contributed by atoms with van der Waals surface area (Å²) in [5.74, 6) is -0.225. The molecule has 1 unspecified atom stereocenters. The lowest BCUT2D eigenvalue weighted by molar-refractivity contribution is -0.121. The van der Waals surface area contributed by atoms with Gasteiger partial charge in [0.15, 0.2) is 0 Å². The maximum Gasteiger partial charge on any atom is 0.272 e. The van der Waals surface area contributed by atoms with Crippen molar-refractivity contribution in [3.8, 4) is 0 Å². The van der Waals surface area contributed by atoms with E-state index in [0.29, 0.717) is 16.6 Å². The minimum Gasteiger partial charge on any atom is -0.368 e. The zero-order valence-corrected chi connectivity index (χ0v) is 11.1. The van der Waals surface area contributed by atoms with Crippen molar-refractivity contribution in [2.24, 2.45) is 11.7 Å². The standard InChI is InChI=1S/C12H15N3O2S/c1-7(2)5-9(11(13)16)15-6-14-8-3-4-18-10(8)12(15)17/h3-4,6-7,9H,5H2,1-2H3,(H2,13,16). The van der Waals surface area contributed by atoms with Gasteiger partial charge in [-0.15, -0.1) is 11.3 Å². The van der Waals surface area contributed by atoms with E-state index < -0.39 is 11.9 Å². The number of primary amides is 1. The smallest absolute Gasteiger partial charge is 0.272 e. The zero-order chi connectivity index (χ0) is 13.3. The third-order valence-corrected chi connectivity index (χ3v) is 3.64. The van der Waals surface area contributed by atoms with Gasteiger partial charge < -0.3 is 5.73 Å². The lowest BCUT2D eigenvalue weighted by Crippen LogP contribution is -2.34. The first kappa shape index (κ1) is 12.8. The van der Waals surface area contributed by atoms with Gasteiger partial charge in [0.2, 0.25) is 5.91 Å². The molecule has 0 fully saturated rings. The van der Waals surface area contributed by atoms with E-state index in [1.54, 1.807) is 6.07 Å². The van der Waals surface area contributed by atoms with Crippen molar-refractivity contribution in [1.29, 1.82) is 0 Å². The summed E-state index contributed by atoms with van der Waals surface area (Å²) >= 11 is 1.33. The Morgan fingerprint density at radius 2 is 2.28 bits per heavy atom. The maximum absolute atomic E-state index is 12.2. The SMILES string of the molecule is CC(C)CC(C(N)=O)n1cnc2ccsc2c1=O. The number of carbonyl (C=O) groups is 1. The van der Waals surface area contributed by atoms with Crippen LogP contribution < -0.4 is 11.3 Å². The summed E-state index contributed by atoms with van der Waals surface area (Å²) in [7, 11) is 0. The molecule has 2 N–H and O–H groups in total. The molecule has 0 aliphatic heterocycles. The van der Waals surface area contributed by atoms with Crippen molar-refractivity contribution in [3.05, 3.63) is 28.1 Å². The van der Waals surface area contributed by atoms with Crippen molar-refractivity contribution in [2.45, 2.75) is 26.3 Å². The summed E-state index contributed by atoms with van der Waals surface area (Å²) in [6, 6.07) is 1.16. The highest BCUT2D eigenvalue weighted by Gasteiger charge is 2.21. The van der Waals surface area contributed by atoms with Gasteiger partial charge in [-0.3, -0.25) is 14.2 Å². The van der Waals surface area contributed by atoms with Crippen LogP contribution in [0.2, 0.25) is 0 Å². The number of aromatic nitrogens is 2. The molecule has 2 rings (SSSR count). The van der Waals surface area contributed by atoms with E-state index in [-0.39, 0.29) is 11.5 Å². The summed E-state index contributed by atoms with van der Waals surface area (Å²) in [4.78, 5) is 27.9. The Kier molecular flexibility index (Phi) is 3.47. The van der Waals surface area contributed by atoms with Gasteiger partial charge >= 0.3 is 0 Å². The van der Waals surface area contributed by atoms with Crippen LogP contribution in [-0.2, 0) is 4.79 Å². The van der Waals surface area contributed by atoms with Crippen LogP contribution in [0.25, 0.3) is 10.2 Å². The molecule has 0 spiro atoms. The van der Waals surface area contributed by atoms with E-state index in [1.165, 1.54) is 22.2 Å². The first-order valence-electron chi connectivity index (χ1n) is 5.74.